The second kappa shape index (κ2) is 8.08. The Balaban J connectivity index is 1.66. The van der Waals surface area contributed by atoms with E-state index >= 15 is 0 Å². The van der Waals surface area contributed by atoms with Gasteiger partial charge >= 0.3 is 0 Å². The Hall–Kier alpha value is -2.77. The number of aliphatic hydroxyl groups is 1. The lowest BCUT2D eigenvalue weighted by Gasteiger charge is -2.28. The van der Waals surface area contributed by atoms with E-state index in [1.807, 2.05) is 24.3 Å². The summed E-state index contributed by atoms with van der Waals surface area (Å²) in [6, 6.07) is 9.50. The van der Waals surface area contributed by atoms with Crippen molar-refractivity contribution < 1.29 is 14.6 Å². The van der Waals surface area contributed by atoms with Crippen molar-refractivity contribution in [1.82, 2.24) is 19.9 Å². The number of fused-ring (bicyclic) bond motifs is 1. The first-order valence-electron chi connectivity index (χ1n) is 9.55. The van der Waals surface area contributed by atoms with Gasteiger partial charge in [0.15, 0.2) is 0 Å². The molecule has 0 spiro atoms. The lowest BCUT2D eigenvalue weighted by Crippen LogP contribution is -2.39. The normalized spacial score (nSPS) is 19.6. The van der Waals surface area contributed by atoms with Gasteiger partial charge in [0, 0.05) is 18.5 Å². The number of imidazole rings is 1. The van der Waals surface area contributed by atoms with E-state index < -0.39 is 0 Å². The first-order chi connectivity index (χ1) is 13.7. The second-order valence-corrected chi connectivity index (χ2v) is 7.14. The van der Waals surface area contributed by atoms with Gasteiger partial charge in [-0.15, -0.1) is 0 Å². The van der Waals surface area contributed by atoms with Gasteiger partial charge in [-0.25, -0.2) is 9.97 Å². The average Bonchev–Trinajstić information content (AvgIpc) is 3.22. The minimum Gasteiger partial charge on any atom is -0.390 e. The molecule has 7 nitrogen and oxygen atoms in total. The molecule has 4 rings (SSSR count). The molecule has 3 aromatic rings. The summed E-state index contributed by atoms with van der Waals surface area (Å²) in [5, 5.41) is 13.5. The number of nitrogens with one attached hydrogen (secondary N) is 1. The molecule has 0 saturated heterocycles. The predicted octanol–water partition coefficient (Wildman–Crippen LogP) is 2.60. The first-order valence-corrected chi connectivity index (χ1v) is 9.55. The lowest BCUT2D eigenvalue weighted by atomic mass is 9.92. The summed E-state index contributed by atoms with van der Waals surface area (Å²) in [5.41, 5.74) is 1.92. The molecular formula is C21H24N4O3. The van der Waals surface area contributed by atoms with E-state index in [0.717, 1.165) is 36.6 Å². The number of para-hydroxylation sites is 1. The van der Waals surface area contributed by atoms with Crippen molar-refractivity contribution in [3.05, 3.63) is 54.1 Å². The number of aliphatic hydroxyl groups excluding tert-OH is 1. The van der Waals surface area contributed by atoms with Crippen LogP contribution in [-0.4, -0.2) is 44.8 Å². The Kier molecular flexibility index (Phi) is 5.36. The summed E-state index contributed by atoms with van der Waals surface area (Å²) in [7, 11) is 1.74. The Morgan fingerprint density at radius 3 is 2.82 bits per heavy atom. The molecule has 1 aliphatic carbocycles. The molecule has 1 aliphatic rings. The monoisotopic (exact) mass is 380 g/mol. The summed E-state index contributed by atoms with van der Waals surface area (Å²) in [6.07, 6.45) is 7.21. The van der Waals surface area contributed by atoms with Crippen LogP contribution in [0.25, 0.3) is 16.7 Å². The van der Waals surface area contributed by atoms with Crippen LogP contribution in [0.3, 0.4) is 0 Å². The zero-order valence-corrected chi connectivity index (χ0v) is 15.8. The number of amides is 1. The number of carbonyl (C=O) groups is 1. The maximum Gasteiger partial charge on any atom is 0.252 e. The second-order valence-electron chi connectivity index (χ2n) is 7.14. The van der Waals surface area contributed by atoms with Gasteiger partial charge in [0.1, 0.15) is 12.1 Å². The van der Waals surface area contributed by atoms with E-state index in [2.05, 4.69) is 15.3 Å². The molecule has 146 valence electrons. The van der Waals surface area contributed by atoms with Crippen molar-refractivity contribution in [2.45, 2.75) is 44.4 Å². The van der Waals surface area contributed by atoms with E-state index in [1.165, 1.54) is 0 Å². The number of pyridine rings is 1. The fourth-order valence-electron chi connectivity index (χ4n) is 3.82. The number of hydrogen-bond donors (Lipinski definition) is 2. The molecular weight excluding hydrogens is 356 g/mol. The highest BCUT2D eigenvalue weighted by Gasteiger charge is 2.23. The highest BCUT2D eigenvalue weighted by Crippen LogP contribution is 2.24. The third-order valence-electron chi connectivity index (χ3n) is 5.41. The van der Waals surface area contributed by atoms with Gasteiger partial charge in [0.2, 0.25) is 0 Å². The van der Waals surface area contributed by atoms with Crippen molar-refractivity contribution in [2.75, 3.05) is 7.11 Å². The summed E-state index contributed by atoms with van der Waals surface area (Å²) >= 11 is 0. The lowest BCUT2D eigenvalue weighted by molar-refractivity contribution is 0.0599. The van der Waals surface area contributed by atoms with Crippen LogP contribution < -0.4 is 5.32 Å². The molecule has 2 heterocycles. The van der Waals surface area contributed by atoms with Crippen LogP contribution in [0.5, 0.6) is 0 Å². The van der Waals surface area contributed by atoms with E-state index in [1.54, 1.807) is 30.3 Å². The third-order valence-corrected chi connectivity index (χ3v) is 5.41. The van der Waals surface area contributed by atoms with Crippen LogP contribution in [0.4, 0.5) is 0 Å². The third kappa shape index (κ3) is 3.63. The molecule has 2 aromatic heterocycles. The summed E-state index contributed by atoms with van der Waals surface area (Å²) in [4.78, 5) is 21.8. The number of hydrogen-bond acceptors (Lipinski definition) is 5. The number of rotatable bonds is 5. The first kappa shape index (κ1) is 18.6. The van der Waals surface area contributed by atoms with E-state index in [4.69, 9.17) is 4.74 Å². The van der Waals surface area contributed by atoms with Crippen molar-refractivity contribution >= 4 is 16.8 Å². The number of carbonyl (C=O) groups excluding carboxylic acids is 1. The molecule has 1 saturated carbocycles. The predicted molar refractivity (Wildman–Crippen MR) is 105 cm³/mol. The molecule has 0 unspecified atom stereocenters. The minimum atomic E-state index is -0.154. The highest BCUT2D eigenvalue weighted by atomic mass is 16.5. The van der Waals surface area contributed by atoms with Crippen LogP contribution in [0.1, 0.15) is 41.7 Å². The van der Waals surface area contributed by atoms with Crippen molar-refractivity contribution in [1.29, 1.82) is 0 Å². The Labute approximate surface area is 163 Å². The smallest absolute Gasteiger partial charge is 0.252 e. The quantitative estimate of drug-likeness (QED) is 0.710. The van der Waals surface area contributed by atoms with Crippen molar-refractivity contribution in [2.24, 2.45) is 0 Å². The van der Waals surface area contributed by atoms with E-state index in [0.29, 0.717) is 23.2 Å². The highest BCUT2D eigenvalue weighted by molar-refractivity contribution is 6.06. The molecule has 1 fully saturated rings. The molecule has 28 heavy (non-hydrogen) atoms. The standard InChI is InChI=1S/C21H24N4O3/c1-28-16-8-6-14(7-9-16)23-21(27)18-10-20(25-13-22-11-15(25)12-26)24-19-5-3-2-4-17(18)19/h2-5,10-11,13-14,16,26H,6-9,12H2,1H3,(H,23,27)/t14-,16-. The zero-order valence-electron chi connectivity index (χ0n) is 15.8. The number of benzene rings is 1. The summed E-state index contributed by atoms with van der Waals surface area (Å²) in [6.45, 7) is -0.154. The maximum atomic E-state index is 13.1. The van der Waals surface area contributed by atoms with Crippen molar-refractivity contribution in [3.8, 4) is 5.82 Å². The van der Waals surface area contributed by atoms with Gasteiger partial charge < -0.3 is 15.2 Å². The maximum absolute atomic E-state index is 13.1. The molecule has 0 radical (unpaired) electrons. The number of nitrogens with zero attached hydrogens (tertiary/aromatic N) is 3. The van der Waals surface area contributed by atoms with Gasteiger partial charge in [-0.1, -0.05) is 18.2 Å². The largest absolute Gasteiger partial charge is 0.390 e. The average molecular weight is 380 g/mol. The van der Waals surface area contributed by atoms with Crippen LogP contribution in [0, 0.1) is 0 Å². The topological polar surface area (TPSA) is 89.3 Å². The van der Waals surface area contributed by atoms with Crippen LogP contribution in [0.2, 0.25) is 0 Å². The zero-order chi connectivity index (χ0) is 19.5. The van der Waals surface area contributed by atoms with Gasteiger partial charge in [-0.2, -0.15) is 0 Å². The molecule has 1 aromatic carbocycles. The van der Waals surface area contributed by atoms with Crippen LogP contribution in [0.15, 0.2) is 42.9 Å². The molecule has 0 bridgehead atoms. The van der Waals surface area contributed by atoms with Gasteiger partial charge in [0.25, 0.3) is 5.91 Å². The Morgan fingerprint density at radius 2 is 2.07 bits per heavy atom. The van der Waals surface area contributed by atoms with Gasteiger partial charge in [0.05, 0.1) is 35.7 Å². The van der Waals surface area contributed by atoms with E-state index in [-0.39, 0.29) is 18.6 Å². The minimum absolute atomic E-state index is 0.105. The summed E-state index contributed by atoms with van der Waals surface area (Å²) < 4.78 is 7.12. The number of aromatic nitrogens is 3. The fourth-order valence-corrected chi connectivity index (χ4v) is 3.82. The van der Waals surface area contributed by atoms with Gasteiger partial charge in [-0.05, 0) is 37.8 Å². The van der Waals surface area contributed by atoms with E-state index in [9.17, 15) is 9.90 Å². The Morgan fingerprint density at radius 1 is 1.29 bits per heavy atom. The summed E-state index contributed by atoms with van der Waals surface area (Å²) in [5.74, 6) is 0.458. The molecule has 2 N–H and O–H groups in total. The molecule has 1 amide bonds. The van der Waals surface area contributed by atoms with Crippen molar-refractivity contribution in [3.63, 3.8) is 0 Å². The number of ether oxygens (including phenoxy) is 1. The van der Waals surface area contributed by atoms with Crippen LogP contribution in [-0.2, 0) is 11.3 Å². The molecule has 0 aliphatic heterocycles. The van der Waals surface area contributed by atoms with Gasteiger partial charge in [-0.3, -0.25) is 9.36 Å². The number of methoxy groups -OCH3 is 1. The SMILES string of the molecule is CO[C@H]1CC[C@H](NC(=O)c2cc(-n3cncc3CO)nc3ccccc23)CC1. The van der Waals surface area contributed by atoms with Crippen LogP contribution >= 0.6 is 0 Å². The Bertz CT molecular complexity index is 977. The molecule has 7 heteroatoms. The molecule has 0 atom stereocenters. The fraction of sp³-hybridized carbons (Fsp3) is 0.381.